The number of halogens is 1. The standard InChI is InChI=1S/C17H20FN5O/c1-12-9-21-15(11-20-12)17(24)22-10-13-2-3-16(14(18)8-13)23-6-4-19-5-7-23/h2-3,8-9,11,19H,4-7,10H2,1H3,(H,22,24). The summed E-state index contributed by atoms with van der Waals surface area (Å²) in [5.74, 6) is -0.590. The molecular weight excluding hydrogens is 309 g/mol. The first-order valence-electron chi connectivity index (χ1n) is 7.94. The quantitative estimate of drug-likeness (QED) is 0.884. The van der Waals surface area contributed by atoms with E-state index >= 15 is 0 Å². The van der Waals surface area contributed by atoms with Crippen molar-refractivity contribution in [2.75, 3.05) is 31.1 Å². The fourth-order valence-corrected chi connectivity index (χ4v) is 2.61. The molecule has 3 rings (SSSR count). The highest BCUT2D eigenvalue weighted by Gasteiger charge is 2.15. The van der Waals surface area contributed by atoms with E-state index in [-0.39, 0.29) is 24.0 Å². The van der Waals surface area contributed by atoms with Gasteiger partial charge in [0.05, 0.1) is 17.6 Å². The molecule has 7 heteroatoms. The predicted molar refractivity (Wildman–Crippen MR) is 89.4 cm³/mol. The molecule has 0 aliphatic carbocycles. The van der Waals surface area contributed by atoms with E-state index in [2.05, 4.69) is 20.6 Å². The summed E-state index contributed by atoms with van der Waals surface area (Å²) in [5, 5.41) is 5.97. The summed E-state index contributed by atoms with van der Waals surface area (Å²) < 4.78 is 14.3. The zero-order valence-corrected chi connectivity index (χ0v) is 13.6. The zero-order valence-electron chi connectivity index (χ0n) is 13.6. The fourth-order valence-electron chi connectivity index (χ4n) is 2.61. The van der Waals surface area contributed by atoms with Gasteiger partial charge in [-0.05, 0) is 24.6 Å². The number of carbonyl (C=O) groups is 1. The van der Waals surface area contributed by atoms with Gasteiger partial charge >= 0.3 is 0 Å². The molecule has 1 aromatic carbocycles. The summed E-state index contributed by atoms with van der Waals surface area (Å²) in [5.41, 5.74) is 2.31. The Morgan fingerprint density at radius 1 is 1.29 bits per heavy atom. The lowest BCUT2D eigenvalue weighted by atomic mass is 10.1. The Bertz CT molecular complexity index is 713. The van der Waals surface area contributed by atoms with Gasteiger partial charge in [-0.15, -0.1) is 0 Å². The lowest BCUT2D eigenvalue weighted by Crippen LogP contribution is -2.43. The fraction of sp³-hybridized carbons (Fsp3) is 0.353. The van der Waals surface area contributed by atoms with Crippen molar-refractivity contribution in [3.8, 4) is 0 Å². The average Bonchev–Trinajstić information content (AvgIpc) is 2.61. The summed E-state index contributed by atoms with van der Waals surface area (Å²) >= 11 is 0. The monoisotopic (exact) mass is 329 g/mol. The van der Waals surface area contributed by atoms with Crippen molar-refractivity contribution in [3.05, 3.63) is 53.4 Å². The van der Waals surface area contributed by atoms with Gasteiger partial charge in [-0.1, -0.05) is 6.07 Å². The number of nitrogens with zero attached hydrogens (tertiary/aromatic N) is 3. The van der Waals surface area contributed by atoms with Gasteiger partial charge in [0.2, 0.25) is 0 Å². The molecule has 2 N–H and O–H groups in total. The maximum absolute atomic E-state index is 14.3. The van der Waals surface area contributed by atoms with Crippen LogP contribution >= 0.6 is 0 Å². The summed E-state index contributed by atoms with van der Waals surface area (Å²) in [6.07, 6.45) is 2.97. The molecule has 24 heavy (non-hydrogen) atoms. The lowest BCUT2D eigenvalue weighted by molar-refractivity contribution is 0.0945. The number of hydrogen-bond acceptors (Lipinski definition) is 5. The summed E-state index contributed by atoms with van der Waals surface area (Å²) in [4.78, 5) is 22.1. The molecule has 0 spiro atoms. The van der Waals surface area contributed by atoms with Gasteiger partial charge in [-0.25, -0.2) is 9.37 Å². The van der Waals surface area contributed by atoms with E-state index in [0.717, 1.165) is 31.9 Å². The van der Waals surface area contributed by atoms with Crippen LogP contribution in [0.4, 0.5) is 10.1 Å². The van der Waals surface area contributed by atoms with Crippen LogP contribution in [0.5, 0.6) is 0 Å². The van der Waals surface area contributed by atoms with Crippen molar-refractivity contribution >= 4 is 11.6 Å². The first-order valence-corrected chi connectivity index (χ1v) is 7.94. The molecule has 1 amide bonds. The van der Waals surface area contributed by atoms with Gasteiger partial charge in [0.25, 0.3) is 5.91 Å². The number of nitrogens with one attached hydrogen (secondary N) is 2. The molecule has 1 saturated heterocycles. The molecular formula is C17H20FN5O. The maximum atomic E-state index is 14.3. The van der Waals surface area contributed by atoms with Crippen molar-refractivity contribution in [2.45, 2.75) is 13.5 Å². The van der Waals surface area contributed by atoms with Crippen LogP contribution in [-0.4, -0.2) is 42.1 Å². The Balaban J connectivity index is 1.62. The van der Waals surface area contributed by atoms with E-state index in [9.17, 15) is 9.18 Å². The number of carbonyl (C=O) groups excluding carboxylic acids is 1. The van der Waals surface area contributed by atoms with E-state index in [4.69, 9.17) is 0 Å². The zero-order chi connectivity index (χ0) is 16.9. The van der Waals surface area contributed by atoms with E-state index in [1.54, 1.807) is 13.0 Å². The first kappa shape index (κ1) is 16.3. The van der Waals surface area contributed by atoms with Crippen molar-refractivity contribution in [1.29, 1.82) is 0 Å². The van der Waals surface area contributed by atoms with E-state index in [0.29, 0.717) is 11.3 Å². The highest BCUT2D eigenvalue weighted by molar-refractivity contribution is 5.91. The number of benzene rings is 1. The molecule has 0 atom stereocenters. The Morgan fingerprint density at radius 2 is 2.08 bits per heavy atom. The number of aryl methyl sites for hydroxylation is 1. The molecule has 2 heterocycles. The van der Waals surface area contributed by atoms with E-state index in [1.165, 1.54) is 18.5 Å². The van der Waals surface area contributed by atoms with Gasteiger partial charge < -0.3 is 15.5 Å². The molecule has 0 bridgehead atoms. The Kier molecular flexibility index (Phi) is 5.00. The number of amides is 1. The highest BCUT2D eigenvalue weighted by Crippen LogP contribution is 2.21. The lowest BCUT2D eigenvalue weighted by Gasteiger charge is -2.29. The molecule has 1 aromatic heterocycles. The second kappa shape index (κ2) is 7.35. The predicted octanol–water partition coefficient (Wildman–Crippen LogP) is 1.26. The van der Waals surface area contributed by atoms with E-state index < -0.39 is 0 Å². The Morgan fingerprint density at radius 3 is 2.75 bits per heavy atom. The van der Waals surface area contributed by atoms with Gasteiger partial charge in [-0.3, -0.25) is 9.78 Å². The number of rotatable bonds is 4. The number of piperazine rings is 1. The van der Waals surface area contributed by atoms with Crippen molar-refractivity contribution < 1.29 is 9.18 Å². The number of aromatic nitrogens is 2. The summed E-state index contributed by atoms with van der Waals surface area (Å²) in [6, 6.07) is 5.08. The van der Waals surface area contributed by atoms with Crippen LogP contribution in [0.1, 0.15) is 21.7 Å². The van der Waals surface area contributed by atoms with Gasteiger partial charge in [0, 0.05) is 38.9 Å². The molecule has 2 aromatic rings. The minimum absolute atomic E-state index is 0.243. The summed E-state index contributed by atoms with van der Waals surface area (Å²) in [7, 11) is 0. The normalized spacial score (nSPS) is 14.5. The van der Waals surface area contributed by atoms with Gasteiger partial charge in [0.1, 0.15) is 11.5 Å². The van der Waals surface area contributed by atoms with Gasteiger partial charge in [0.15, 0.2) is 0 Å². The van der Waals surface area contributed by atoms with Crippen molar-refractivity contribution in [1.82, 2.24) is 20.6 Å². The van der Waals surface area contributed by atoms with Crippen LogP contribution < -0.4 is 15.5 Å². The van der Waals surface area contributed by atoms with Crippen molar-refractivity contribution in [3.63, 3.8) is 0 Å². The number of hydrogen-bond donors (Lipinski definition) is 2. The first-order chi connectivity index (χ1) is 11.6. The molecule has 0 radical (unpaired) electrons. The van der Waals surface area contributed by atoms with Crippen LogP contribution in [0, 0.1) is 12.7 Å². The minimum atomic E-state index is -0.325. The third kappa shape index (κ3) is 3.86. The highest BCUT2D eigenvalue weighted by atomic mass is 19.1. The Labute approximate surface area is 140 Å². The molecule has 0 unspecified atom stereocenters. The smallest absolute Gasteiger partial charge is 0.271 e. The topological polar surface area (TPSA) is 70.2 Å². The third-order valence-corrected chi connectivity index (χ3v) is 3.94. The van der Waals surface area contributed by atoms with Crippen LogP contribution in [0.15, 0.2) is 30.6 Å². The minimum Gasteiger partial charge on any atom is -0.367 e. The second-order valence-electron chi connectivity index (χ2n) is 5.75. The molecule has 6 nitrogen and oxygen atoms in total. The maximum Gasteiger partial charge on any atom is 0.271 e. The van der Waals surface area contributed by atoms with Crippen molar-refractivity contribution in [2.24, 2.45) is 0 Å². The third-order valence-electron chi connectivity index (χ3n) is 3.94. The molecule has 0 saturated carbocycles. The SMILES string of the molecule is Cc1cnc(C(=O)NCc2ccc(N3CCNCC3)c(F)c2)cn1. The Hall–Kier alpha value is -2.54. The van der Waals surface area contributed by atoms with Gasteiger partial charge in [-0.2, -0.15) is 0 Å². The van der Waals surface area contributed by atoms with Crippen LogP contribution in [-0.2, 0) is 6.54 Å². The molecule has 1 fully saturated rings. The largest absolute Gasteiger partial charge is 0.367 e. The van der Waals surface area contributed by atoms with E-state index in [1.807, 2.05) is 11.0 Å². The summed E-state index contributed by atoms with van der Waals surface area (Å²) in [6.45, 7) is 5.34. The molecule has 1 aliphatic rings. The number of anilines is 1. The van der Waals surface area contributed by atoms with Crippen LogP contribution in [0.25, 0.3) is 0 Å². The average molecular weight is 329 g/mol. The molecule has 126 valence electrons. The second-order valence-corrected chi connectivity index (χ2v) is 5.75. The molecule has 1 aliphatic heterocycles. The van der Waals surface area contributed by atoms with Crippen LogP contribution in [0.3, 0.4) is 0 Å². The van der Waals surface area contributed by atoms with Crippen LogP contribution in [0.2, 0.25) is 0 Å².